The molecule has 0 fully saturated rings. The minimum absolute atomic E-state index is 0.0363. The second-order valence-electron chi connectivity index (χ2n) is 14.2. The Hall–Kier alpha value is -7.30. The van der Waals surface area contributed by atoms with Crippen molar-refractivity contribution >= 4 is 80.4 Å². The zero-order valence-electron chi connectivity index (χ0n) is 33.0. The van der Waals surface area contributed by atoms with Gasteiger partial charge in [-0.25, -0.2) is 38.3 Å². The van der Waals surface area contributed by atoms with Crippen molar-refractivity contribution in [3.8, 4) is 34.4 Å². The Kier molecular flexibility index (Phi) is 11.2. The lowest BCUT2D eigenvalue weighted by atomic mass is 10.1. The molecular weight excluding hydrogens is 861 g/mol. The normalized spacial score (nSPS) is 13.5. The molecule has 0 spiro atoms. The summed E-state index contributed by atoms with van der Waals surface area (Å²) in [6.07, 6.45) is 4.25. The number of aromatic nitrogens is 4. The number of carbonyl (C=O) groups excluding carboxylic acids is 1. The standard InChI is InChI=1S/C23H17ClFN3O4.C22H15ClFN3O4/c1-30-23(29)15-11-21(28-7-2-8-31-20-6-4-14(25)10-18(20)28)26-12-16(15)22-27-17-9-13(24)3-5-19(17)32-22;23-12-2-4-18-16(8-12)26-21(31-18)15-11-25-20(10-14(15)22(28)29)27-6-1-7-30-19-5-3-13(24)9-17(19)27/h3-6,9-12H,2,7-8H2,1H3;2-5,8-11H,1,6-7H2,(H,28,29). The van der Waals surface area contributed by atoms with Gasteiger partial charge in [0, 0.05) is 47.7 Å². The number of carbonyl (C=O) groups is 2. The summed E-state index contributed by atoms with van der Waals surface area (Å²) in [5.74, 6) is -0.347. The highest BCUT2D eigenvalue weighted by Crippen LogP contribution is 2.40. The van der Waals surface area contributed by atoms with Gasteiger partial charge in [0.2, 0.25) is 11.8 Å². The predicted octanol–water partition coefficient (Wildman–Crippen LogP) is 10.7. The minimum Gasteiger partial charge on any atom is -0.491 e. The third-order valence-electron chi connectivity index (χ3n) is 10.1. The van der Waals surface area contributed by atoms with Crippen molar-refractivity contribution < 1.29 is 46.5 Å². The largest absolute Gasteiger partial charge is 0.491 e. The number of ether oxygens (including phenoxy) is 3. The molecule has 0 saturated carbocycles. The Labute approximate surface area is 366 Å². The first kappa shape index (κ1) is 41.1. The maximum Gasteiger partial charge on any atom is 0.338 e. The highest BCUT2D eigenvalue weighted by atomic mass is 35.5. The van der Waals surface area contributed by atoms with E-state index < -0.39 is 23.6 Å². The summed E-state index contributed by atoms with van der Waals surface area (Å²) in [6, 6.07) is 21.6. The molecule has 0 saturated heterocycles. The van der Waals surface area contributed by atoms with Gasteiger partial charge in [-0.2, -0.15) is 0 Å². The Morgan fingerprint density at radius 2 is 1.14 bits per heavy atom. The average Bonchev–Trinajstić information content (AvgIpc) is 3.76. The molecule has 0 aliphatic carbocycles. The highest BCUT2D eigenvalue weighted by molar-refractivity contribution is 6.31. The topological polar surface area (TPSA) is 166 Å². The van der Waals surface area contributed by atoms with Crippen LogP contribution in [0.25, 0.3) is 45.1 Å². The maximum absolute atomic E-state index is 14.0. The Morgan fingerprint density at radius 1 is 0.667 bits per heavy atom. The number of halogens is 4. The first-order valence-corrected chi connectivity index (χ1v) is 20.1. The zero-order valence-corrected chi connectivity index (χ0v) is 34.5. The molecule has 4 aromatic carbocycles. The number of methoxy groups -OCH3 is 1. The molecule has 63 heavy (non-hydrogen) atoms. The van der Waals surface area contributed by atoms with Crippen LogP contribution >= 0.6 is 23.2 Å². The summed E-state index contributed by atoms with van der Waals surface area (Å²) in [5.41, 5.74) is 3.89. The van der Waals surface area contributed by atoms with Crippen LogP contribution in [0.1, 0.15) is 33.6 Å². The van der Waals surface area contributed by atoms with Crippen molar-refractivity contribution in [3.63, 3.8) is 0 Å². The molecule has 4 aromatic heterocycles. The lowest BCUT2D eigenvalue weighted by Gasteiger charge is -2.23. The summed E-state index contributed by atoms with van der Waals surface area (Å²) < 4.78 is 55.8. The number of pyridine rings is 2. The number of aromatic carboxylic acids is 1. The van der Waals surface area contributed by atoms with E-state index in [1.54, 1.807) is 59.5 Å². The number of oxazole rings is 2. The molecule has 2 aliphatic rings. The molecule has 318 valence electrons. The van der Waals surface area contributed by atoms with Gasteiger partial charge in [-0.15, -0.1) is 0 Å². The molecule has 10 rings (SSSR count). The highest BCUT2D eigenvalue weighted by Gasteiger charge is 2.26. The number of benzene rings is 4. The van der Waals surface area contributed by atoms with Gasteiger partial charge in [-0.3, -0.25) is 0 Å². The third kappa shape index (κ3) is 8.37. The van der Waals surface area contributed by atoms with Gasteiger partial charge in [0.05, 0.1) is 54.0 Å². The molecule has 1 N–H and O–H groups in total. The first-order chi connectivity index (χ1) is 30.5. The van der Waals surface area contributed by atoms with Gasteiger partial charge < -0.3 is 38.0 Å². The van der Waals surface area contributed by atoms with E-state index in [9.17, 15) is 23.5 Å². The van der Waals surface area contributed by atoms with Crippen LogP contribution in [-0.2, 0) is 4.74 Å². The monoisotopic (exact) mass is 892 g/mol. The Balaban J connectivity index is 0.000000160. The number of hydrogen-bond donors (Lipinski definition) is 1. The van der Waals surface area contributed by atoms with Crippen molar-refractivity contribution in [1.82, 2.24) is 19.9 Å². The van der Waals surface area contributed by atoms with Crippen LogP contribution in [0.5, 0.6) is 11.5 Å². The maximum atomic E-state index is 14.0. The molecular formula is C45H32Cl2F2N6O8. The van der Waals surface area contributed by atoms with Crippen LogP contribution in [-0.4, -0.2) is 70.4 Å². The number of rotatable bonds is 6. The van der Waals surface area contributed by atoms with Gasteiger partial charge in [0.1, 0.15) is 45.8 Å². The molecule has 0 atom stereocenters. The number of nitrogens with zero attached hydrogens (tertiary/aromatic N) is 6. The first-order valence-electron chi connectivity index (χ1n) is 19.4. The number of fused-ring (bicyclic) bond motifs is 4. The van der Waals surface area contributed by atoms with E-state index in [-0.39, 0.29) is 28.5 Å². The third-order valence-corrected chi connectivity index (χ3v) is 10.6. The quantitative estimate of drug-likeness (QED) is 0.157. The molecule has 8 aromatic rings. The Morgan fingerprint density at radius 3 is 1.62 bits per heavy atom. The van der Waals surface area contributed by atoms with Crippen molar-refractivity contribution in [2.24, 2.45) is 0 Å². The van der Waals surface area contributed by atoms with Crippen LogP contribution in [0.3, 0.4) is 0 Å². The Bertz CT molecular complexity index is 3070. The van der Waals surface area contributed by atoms with Crippen LogP contribution in [0, 0.1) is 11.6 Å². The van der Waals surface area contributed by atoms with Crippen molar-refractivity contribution in [2.45, 2.75) is 12.8 Å². The predicted molar refractivity (Wildman–Crippen MR) is 230 cm³/mol. The molecule has 0 amide bonds. The van der Waals surface area contributed by atoms with Crippen LogP contribution < -0.4 is 19.3 Å². The lowest BCUT2D eigenvalue weighted by molar-refractivity contribution is 0.0600. The number of hydrogen-bond acceptors (Lipinski definition) is 13. The van der Waals surface area contributed by atoms with Crippen molar-refractivity contribution in [2.75, 3.05) is 43.2 Å². The molecule has 0 unspecified atom stereocenters. The summed E-state index contributed by atoms with van der Waals surface area (Å²) in [5, 5.41) is 10.9. The summed E-state index contributed by atoms with van der Waals surface area (Å²) in [6.45, 7) is 1.97. The van der Waals surface area contributed by atoms with Crippen molar-refractivity contribution in [3.05, 3.63) is 130 Å². The fraction of sp³-hybridized carbons (Fsp3) is 0.156. The van der Waals surface area contributed by atoms with E-state index in [1.807, 2.05) is 4.90 Å². The number of carboxylic acids is 1. The molecule has 6 heterocycles. The SMILES string of the molecule is COC(=O)c1cc(N2CCCOc3ccc(F)cc32)ncc1-c1nc2cc(Cl)ccc2o1.O=C(O)c1cc(N2CCCOc3ccc(F)cc32)ncc1-c1nc2cc(Cl)ccc2o1. The molecule has 2 aliphatic heterocycles. The van der Waals surface area contributed by atoms with Crippen LogP contribution in [0.15, 0.2) is 106 Å². The van der Waals surface area contributed by atoms with Crippen LogP contribution in [0.4, 0.5) is 31.8 Å². The van der Waals surface area contributed by atoms with E-state index in [4.69, 9.17) is 46.2 Å². The van der Waals surface area contributed by atoms with Gasteiger partial charge in [-0.05, 0) is 85.6 Å². The molecule has 18 heteroatoms. The zero-order chi connectivity index (χ0) is 43.8. The fourth-order valence-corrected chi connectivity index (χ4v) is 7.52. The molecule has 0 bridgehead atoms. The molecule has 14 nitrogen and oxygen atoms in total. The van der Waals surface area contributed by atoms with Crippen LogP contribution in [0.2, 0.25) is 10.0 Å². The van der Waals surface area contributed by atoms with Gasteiger partial charge in [0.15, 0.2) is 11.2 Å². The minimum atomic E-state index is -1.16. The number of esters is 1. The average molecular weight is 894 g/mol. The van der Waals surface area contributed by atoms with Gasteiger partial charge in [-0.1, -0.05) is 23.2 Å². The lowest BCUT2D eigenvalue weighted by Crippen LogP contribution is -2.20. The smallest absolute Gasteiger partial charge is 0.338 e. The number of carboxylic acid groups (broad SMARTS) is 1. The van der Waals surface area contributed by atoms with Crippen molar-refractivity contribution in [1.29, 1.82) is 0 Å². The molecule has 0 radical (unpaired) electrons. The van der Waals surface area contributed by atoms with E-state index in [1.165, 1.54) is 49.8 Å². The summed E-state index contributed by atoms with van der Waals surface area (Å²) >= 11 is 12.0. The summed E-state index contributed by atoms with van der Waals surface area (Å²) in [4.78, 5) is 46.0. The van der Waals surface area contributed by atoms with E-state index in [0.29, 0.717) is 111 Å². The second kappa shape index (κ2) is 17.2. The van der Waals surface area contributed by atoms with E-state index >= 15 is 0 Å². The fourth-order valence-electron chi connectivity index (χ4n) is 7.19. The van der Waals surface area contributed by atoms with Gasteiger partial charge in [0.25, 0.3) is 0 Å². The van der Waals surface area contributed by atoms with Gasteiger partial charge >= 0.3 is 11.9 Å². The second-order valence-corrected chi connectivity index (χ2v) is 15.0. The summed E-state index contributed by atoms with van der Waals surface area (Å²) in [7, 11) is 1.29. The number of anilines is 4. The van der Waals surface area contributed by atoms with E-state index in [0.717, 1.165) is 0 Å². The van der Waals surface area contributed by atoms with E-state index in [2.05, 4.69) is 19.9 Å².